The van der Waals surface area contributed by atoms with Gasteiger partial charge >= 0.3 is 12.1 Å². The molecule has 1 aromatic carbocycles. The monoisotopic (exact) mass is 297 g/mol. The summed E-state index contributed by atoms with van der Waals surface area (Å²) in [5.41, 5.74) is 0.000366. The molecule has 0 saturated carbocycles. The molecule has 1 rings (SSSR count). The summed E-state index contributed by atoms with van der Waals surface area (Å²) in [5, 5.41) is 2.09. The summed E-state index contributed by atoms with van der Waals surface area (Å²) >= 11 is 3.98. The van der Waals surface area contributed by atoms with Gasteiger partial charge in [0.25, 0.3) is 0 Å². The van der Waals surface area contributed by atoms with Crippen LogP contribution in [0.5, 0.6) is 5.75 Å². The fraction of sp³-hybridized carbons (Fsp3) is 0.429. The molecule has 20 heavy (non-hydrogen) atoms. The van der Waals surface area contributed by atoms with Gasteiger partial charge in [-0.1, -0.05) is 0 Å². The van der Waals surface area contributed by atoms with Gasteiger partial charge in [-0.2, -0.15) is 12.6 Å². The van der Waals surface area contributed by atoms with Crippen LogP contribution in [0.15, 0.2) is 24.3 Å². The van der Waals surface area contributed by atoms with Crippen LogP contribution in [0.25, 0.3) is 0 Å². The first-order chi connectivity index (χ1) is 9.17. The maximum atomic E-state index is 11.6. The number of ether oxygens (including phenoxy) is 2. The highest BCUT2D eigenvalue weighted by Gasteiger charge is 2.16. The SMILES string of the molecule is CC(S)C(=O)Oc1ccc(NC(=O)OC(C)(C)C)cc1. The van der Waals surface area contributed by atoms with Crippen LogP contribution in [-0.4, -0.2) is 22.9 Å². The van der Waals surface area contributed by atoms with Crippen molar-refractivity contribution in [3.63, 3.8) is 0 Å². The van der Waals surface area contributed by atoms with Gasteiger partial charge in [0.05, 0.1) is 5.25 Å². The Morgan fingerprint density at radius 1 is 1.20 bits per heavy atom. The molecule has 1 aromatic rings. The minimum atomic E-state index is -0.553. The topological polar surface area (TPSA) is 64.6 Å². The molecule has 0 saturated heterocycles. The zero-order chi connectivity index (χ0) is 15.3. The lowest BCUT2D eigenvalue weighted by Gasteiger charge is -2.19. The van der Waals surface area contributed by atoms with Crippen molar-refractivity contribution in [2.45, 2.75) is 38.5 Å². The van der Waals surface area contributed by atoms with Gasteiger partial charge in [0.2, 0.25) is 0 Å². The molecule has 1 atom stereocenters. The molecule has 0 heterocycles. The number of anilines is 1. The highest BCUT2D eigenvalue weighted by Crippen LogP contribution is 2.17. The van der Waals surface area contributed by atoms with Gasteiger partial charge < -0.3 is 9.47 Å². The summed E-state index contributed by atoms with van der Waals surface area (Å²) in [6.45, 7) is 6.99. The van der Waals surface area contributed by atoms with Gasteiger partial charge in [-0.05, 0) is 52.0 Å². The number of amides is 1. The van der Waals surface area contributed by atoms with Crippen LogP contribution in [0.3, 0.4) is 0 Å². The lowest BCUT2D eigenvalue weighted by atomic mass is 10.2. The zero-order valence-electron chi connectivity index (χ0n) is 12.0. The largest absolute Gasteiger partial charge is 0.444 e. The van der Waals surface area contributed by atoms with E-state index in [4.69, 9.17) is 9.47 Å². The van der Waals surface area contributed by atoms with Crippen LogP contribution in [0.4, 0.5) is 10.5 Å². The van der Waals surface area contributed by atoms with Gasteiger partial charge in [-0.15, -0.1) is 0 Å². The lowest BCUT2D eigenvalue weighted by molar-refractivity contribution is -0.133. The van der Waals surface area contributed by atoms with E-state index in [1.165, 1.54) is 0 Å². The van der Waals surface area contributed by atoms with E-state index < -0.39 is 22.9 Å². The second-order valence-electron chi connectivity index (χ2n) is 5.25. The Balaban J connectivity index is 2.59. The second kappa shape index (κ2) is 6.65. The molecule has 0 bridgehead atoms. The maximum Gasteiger partial charge on any atom is 0.412 e. The number of carbonyl (C=O) groups excluding carboxylic acids is 2. The van der Waals surface area contributed by atoms with Crippen molar-refractivity contribution in [1.29, 1.82) is 0 Å². The summed E-state index contributed by atoms with van der Waals surface area (Å²) in [5.74, 6) is -0.0353. The van der Waals surface area contributed by atoms with E-state index in [1.807, 2.05) is 0 Å². The zero-order valence-corrected chi connectivity index (χ0v) is 12.9. The van der Waals surface area contributed by atoms with Crippen LogP contribution in [0, 0.1) is 0 Å². The summed E-state index contributed by atoms with van der Waals surface area (Å²) in [4.78, 5) is 22.9. The van der Waals surface area contributed by atoms with Crippen molar-refractivity contribution >= 4 is 30.4 Å². The van der Waals surface area contributed by atoms with E-state index in [1.54, 1.807) is 52.0 Å². The number of esters is 1. The van der Waals surface area contributed by atoms with Crippen molar-refractivity contribution in [2.75, 3.05) is 5.32 Å². The van der Waals surface area contributed by atoms with Gasteiger partial charge in [-0.3, -0.25) is 10.1 Å². The van der Waals surface area contributed by atoms with Gasteiger partial charge in [-0.25, -0.2) is 4.79 Å². The summed E-state index contributed by atoms with van der Waals surface area (Å²) in [6, 6.07) is 6.41. The Kier molecular flexibility index (Phi) is 5.44. The van der Waals surface area contributed by atoms with E-state index >= 15 is 0 Å². The standard InChI is InChI=1S/C14H19NO4S/c1-9(20)12(16)18-11-7-5-10(6-8-11)15-13(17)19-14(2,3)4/h5-9,20H,1-4H3,(H,15,17). The van der Waals surface area contributed by atoms with Crippen molar-refractivity contribution < 1.29 is 19.1 Å². The summed E-state index contributed by atoms with van der Waals surface area (Å²) in [7, 11) is 0. The summed E-state index contributed by atoms with van der Waals surface area (Å²) < 4.78 is 10.2. The minimum Gasteiger partial charge on any atom is -0.444 e. The molecule has 0 fully saturated rings. The molecule has 0 spiro atoms. The molecule has 1 unspecified atom stereocenters. The number of rotatable bonds is 3. The highest BCUT2D eigenvalue weighted by atomic mass is 32.1. The van der Waals surface area contributed by atoms with Crippen molar-refractivity contribution in [1.82, 2.24) is 0 Å². The molecule has 110 valence electrons. The third kappa shape index (κ3) is 5.97. The first-order valence-electron chi connectivity index (χ1n) is 6.17. The van der Waals surface area contributed by atoms with Gasteiger partial charge in [0.1, 0.15) is 11.4 Å². The highest BCUT2D eigenvalue weighted by molar-refractivity contribution is 7.81. The molecule has 0 aromatic heterocycles. The van der Waals surface area contributed by atoms with Crippen LogP contribution >= 0.6 is 12.6 Å². The van der Waals surface area contributed by atoms with E-state index in [-0.39, 0.29) is 0 Å². The molecule has 0 aliphatic heterocycles. The van der Waals surface area contributed by atoms with Crippen LogP contribution < -0.4 is 10.1 Å². The molecule has 0 aliphatic rings. The Labute approximate surface area is 124 Å². The normalized spacial score (nSPS) is 12.4. The van der Waals surface area contributed by atoms with E-state index in [2.05, 4.69) is 17.9 Å². The Morgan fingerprint density at radius 2 is 1.75 bits per heavy atom. The predicted octanol–water partition coefficient (Wildman–Crippen LogP) is 3.26. The molecule has 6 heteroatoms. The summed E-state index contributed by atoms with van der Waals surface area (Å²) in [6.07, 6.45) is -0.536. The van der Waals surface area contributed by atoms with E-state index in [9.17, 15) is 9.59 Å². The number of nitrogens with one attached hydrogen (secondary N) is 1. The number of hydrogen-bond donors (Lipinski definition) is 2. The van der Waals surface area contributed by atoms with E-state index in [0.29, 0.717) is 11.4 Å². The third-order valence-corrected chi connectivity index (χ3v) is 2.27. The second-order valence-corrected chi connectivity index (χ2v) is 6.02. The van der Waals surface area contributed by atoms with Crippen molar-refractivity contribution in [2.24, 2.45) is 0 Å². The first-order valence-corrected chi connectivity index (χ1v) is 6.69. The average molecular weight is 297 g/mol. The van der Waals surface area contributed by atoms with Crippen LogP contribution in [-0.2, 0) is 9.53 Å². The predicted molar refractivity (Wildman–Crippen MR) is 80.4 cm³/mol. The van der Waals surface area contributed by atoms with Gasteiger partial charge in [0.15, 0.2) is 0 Å². The minimum absolute atomic E-state index is 0.394. The average Bonchev–Trinajstić information content (AvgIpc) is 2.28. The third-order valence-electron chi connectivity index (χ3n) is 2.06. The quantitative estimate of drug-likeness (QED) is 0.510. The smallest absolute Gasteiger partial charge is 0.412 e. The molecule has 5 nitrogen and oxygen atoms in total. The molecule has 1 N–H and O–H groups in total. The van der Waals surface area contributed by atoms with Crippen molar-refractivity contribution in [3.05, 3.63) is 24.3 Å². The number of hydrogen-bond acceptors (Lipinski definition) is 5. The first kappa shape index (κ1) is 16.4. The molecule has 1 amide bonds. The number of thiol groups is 1. The molecular formula is C14H19NO4S. The fourth-order valence-corrected chi connectivity index (χ4v) is 1.28. The Bertz CT molecular complexity index is 477. The Hall–Kier alpha value is -1.69. The fourth-order valence-electron chi connectivity index (χ4n) is 1.23. The molecule has 0 aliphatic carbocycles. The Morgan fingerprint density at radius 3 is 2.20 bits per heavy atom. The number of benzene rings is 1. The van der Waals surface area contributed by atoms with Gasteiger partial charge in [0, 0.05) is 5.69 Å². The lowest BCUT2D eigenvalue weighted by Crippen LogP contribution is -2.27. The van der Waals surface area contributed by atoms with Crippen molar-refractivity contribution in [3.8, 4) is 5.75 Å². The molecule has 0 radical (unpaired) electrons. The van der Waals surface area contributed by atoms with Crippen LogP contribution in [0.1, 0.15) is 27.7 Å². The van der Waals surface area contributed by atoms with Crippen LogP contribution in [0.2, 0.25) is 0 Å². The maximum absolute atomic E-state index is 11.6. The number of carbonyl (C=O) groups is 2. The molecular weight excluding hydrogens is 278 g/mol. The van der Waals surface area contributed by atoms with E-state index in [0.717, 1.165) is 0 Å².